The normalized spacial score (nSPS) is 18.3. The van der Waals surface area contributed by atoms with Gasteiger partial charge in [0.1, 0.15) is 0 Å². The molecular formula is C20H21N3O4. The Morgan fingerprint density at radius 2 is 2.07 bits per heavy atom. The summed E-state index contributed by atoms with van der Waals surface area (Å²) in [6.45, 7) is 3.30. The number of anilines is 2. The van der Waals surface area contributed by atoms with Crippen molar-refractivity contribution in [3.05, 3.63) is 47.5 Å². The largest absolute Gasteiger partial charge is 0.481 e. The number of pyridine rings is 1. The zero-order chi connectivity index (χ0) is 19.0. The number of rotatable bonds is 6. The third-order valence-corrected chi connectivity index (χ3v) is 4.77. The summed E-state index contributed by atoms with van der Waals surface area (Å²) < 4.78 is 10.6. The van der Waals surface area contributed by atoms with Gasteiger partial charge in [0.25, 0.3) is 0 Å². The quantitative estimate of drug-likeness (QED) is 0.573. The maximum absolute atomic E-state index is 12.8. The van der Waals surface area contributed by atoms with Crippen LogP contribution in [0.3, 0.4) is 0 Å². The first-order valence-corrected chi connectivity index (χ1v) is 8.87. The van der Waals surface area contributed by atoms with Crippen LogP contribution in [0.1, 0.15) is 15.9 Å². The van der Waals surface area contributed by atoms with Crippen LogP contribution in [0, 0.1) is 6.92 Å². The number of carbonyl (C=O) groups excluding carboxylic acids is 2. The van der Waals surface area contributed by atoms with E-state index < -0.39 is 0 Å². The second-order valence-corrected chi connectivity index (χ2v) is 6.76. The summed E-state index contributed by atoms with van der Waals surface area (Å²) in [5.74, 6) is 0.832. The van der Waals surface area contributed by atoms with Gasteiger partial charge in [0.15, 0.2) is 11.6 Å². The lowest BCUT2D eigenvalue weighted by Gasteiger charge is -2.37. The van der Waals surface area contributed by atoms with Crippen LogP contribution in [0.25, 0.3) is 0 Å². The summed E-state index contributed by atoms with van der Waals surface area (Å²) in [7, 11) is 1.55. The highest BCUT2D eigenvalue weighted by atomic mass is 16.6. The number of Topliss-reactive ketones (excluding diaryl/α,β-unsaturated/α-hetero) is 1. The van der Waals surface area contributed by atoms with Crippen molar-refractivity contribution < 1.29 is 19.1 Å². The number of aryl methyl sites for hydroxylation is 1. The number of ether oxygens (including phenoxy) is 2. The molecule has 7 nitrogen and oxygen atoms in total. The number of benzene rings is 1. The van der Waals surface area contributed by atoms with Gasteiger partial charge >= 0.3 is 0 Å². The molecule has 2 aromatic rings. The van der Waals surface area contributed by atoms with E-state index in [2.05, 4.69) is 4.98 Å². The first-order chi connectivity index (χ1) is 13.1. The first kappa shape index (κ1) is 17.5. The van der Waals surface area contributed by atoms with Crippen LogP contribution in [0.15, 0.2) is 36.4 Å². The highest BCUT2D eigenvalue weighted by Crippen LogP contribution is 2.37. The van der Waals surface area contributed by atoms with Crippen LogP contribution < -0.4 is 14.5 Å². The molecule has 1 saturated heterocycles. The van der Waals surface area contributed by atoms with E-state index in [1.165, 1.54) is 0 Å². The number of amides is 1. The third kappa shape index (κ3) is 3.50. The van der Waals surface area contributed by atoms with Crippen molar-refractivity contribution >= 4 is 23.2 Å². The Hall–Kier alpha value is -2.93. The third-order valence-electron chi connectivity index (χ3n) is 4.77. The van der Waals surface area contributed by atoms with Crippen LogP contribution in [0.2, 0.25) is 0 Å². The molecule has 0 radical (unpaired) electrons. The van der Waals surface area contributed by atoms with Crippen molar-refractivity contribution in [2.24, 2.45) is 0 Å². The summed E-state index contributed by atoms with van der Waals surface area (Å²) in [6, 6.07) is 10.9. The van der Waals surface area contributed by atoms with Crippen molar-refractivity contribution in [3.8, 4) is 5.88 Å². The maximum atomic E-state index is 12.8. The first-order valence-electron chi connectivity index (χ1n) is 8.87. The van der Waals surface area contributed by atoms with Crippen molar-refractivity contribution in [1.82, 2.24) is 4.98 Å². The van der Waals surface area contributed by atoms with Crippen molar-refractivity contribution in [2.75, 3.05) is 43.2 Å². The van der Waals surface area contributed by atoms with Gasteiger partial charge in [-0.15, -0.1) is 0 Å². The number of carbonyl (C=O) groups is 2. The SMILES string of the molecule is COc1cc(C)c2c(n1)N(CC1CO1)C(=O)CN2CC(=O)c1ccccc1. The molecule has 3 heterocycles. The number of hydrogen-bond donors (Lipinski definition) is 0. The summed E-state index contributed by atoms with van der Waals surface area (Å²) in [5, 5.41) is 0. The lowest BCUT2D eigenvalue weighted by molar-refractivity contribution is -0.117. The lowest BCUT2D eigenvalue weighted by Crippen LogP contribution is -2.49. The number of aromatic nitrogens is 1. The Labute approximate surface area is 157 Å². The van der Waals surface area contributed by atoms with Gasteiger partial charge in [-0.05, 0) is 12.5 Å². The van der Waals surface area contributed by atoms with Gasteiger partial charge in [-0.2, -0.15) is 4.98 Å². The second kappa shape index (κ2) is 7.00. The van der Waals surface area contributed by atoms with Gasteiger partial charge < -0.3 is 14.4 Å². The predicted molar refractivity (Wildman–Crippen MR) is 101 cm³/mol. The molecule has 1 aromatic heterocycles. The van der Waals surface area contributed by atoms with Crippen LogP contribution in [0.5, 0.6) is 5.88 Å². The highest BCUT2D eigenvalue weighted by Gasteiger charge is 2.37. The van der Waals surface area contributed by atoms with Gasteiger partial charge in [0.2, 0.25) is 11.8 Å². The summed E-state index contributed by atoms with van der Waals surface area (Å²) in [6.07, 6.45) is 0.0487. The van der Waals surface area contributed by atoms with Crippen LogP contribution in [-0.2, 0) is 9.53 Å². The molecule has 0 spiro atoms. The standard InChI is InChI=1S/C20H21N3O4/c1-13-8-17(26-2)21-20-19(13)22(10-16(24)14-6-4-3-5-7-14)11-18(25)23(20)9-15-12-27-15/h3-8,15H,9-12H2,1-2H3. The van der Waals surface area contributed by atoms with E-state index in [4.69, 9.17) is 9.47 Å². The molecule has 0 saturated carbocycles. The highest BCUT2D eigenvalue weighted by molar-refractivity contribution is 6.06. The molecule has 0 N–H and O–H groups in total. The van der Waals surface area contributed by atoms with Gasteiger partial charge in [-0.25, -0.2) is 0 Å². The number of nitrogens with zero attached hydrogens (tertiary/aromatic N) is 3. The summed E-state index contributed by atoms with van der Waals surface area (Å²) >= 11 is 0. The molecule has 2 aliphatic heterocycles. The fourth-order valence-corrected chi connectivity index (χ4v) is 3.34. The van der Waals surface area contributed by atoms with E-state index in [0.717, 1.165) is 11.3 Å². The molecule has 1 aromatic carbocycles. The number of fused-ring (bicyclic) bond motifs is 1. The average Bonchev–Trinajstić information content (AvgIpc) is 3.49. The molecule has 27 heavy (non-hydrogen) atoms. The van der Waals surface area contributed by atoms with Gasteiger partial charge in [0.05, 0.1) is 45.1 Å². The Morgan fingerprint density at radius 1 is 1.33 bits per heavy atom. The van der Waals surface area contributed by atoms with Crippen LogP contribution in [0.4, 0.5) is 11.5 Å². The number of methoxy groups -OCH3 is 1. The predicted octanol–water partition coefficient (Wildman–Crippen LogP) is 1.83. The molecule has 4 rings (SSSR count). The molecular weight excluding hydrogens is 346 g/mol. The van der Waals surface area contributed by atoms with Gasteiger partial charge in [-0.1, -0.05) is 30.3 Å². The minimum atomic E-state index is -0.0981. The Kier molecular flexibility index (Phi) is 4.53. The van der Waals surface area contributed by atoms with Crippen molar-refractivity contribution in [1.29, 1.82) is 0 Å². The number of epoxide rings is 1. The molecule has 140 valence electrons. The smallest absolute Gasteiger partial charge is 0.247 e. The second-order valence-electron chi connectivity index (χ2n) is 6.76. The number of ketones is 1. The zero-order valence-corrected chi connectivity index (χ0v) is 15.3. The lowest BCUT2D eigenvalue weighted by atomic mass is 10.1. The maximum Gasteiger partial charge on any atom is 0.247 e. The Morgan fingerprint density at radius 3 is 2.74 bits per heavy atom. The fourth-order valence-electron chi connectivity index (χ4n) is 3.34. The van der Waals surface area contributed by atoms with Gasteiger partial charge in [-0.3, -0.25) is 14.5 Å². The molecule has 2 aliphatic rings. The van der Waals surface area contributed by atoms with E-state index in [9.17, 15) is 9.59 Å². The van der Waals surface area contributed by atoms with E-state index in [0.29, 0.717) is 30.4 Å². The van der Waals surface area contributed by atoms with E-state index >= 15 is 0 Å². The summed E-state index contributed by atoms with van der Waals surface area (Å²) in [4.78, 5) is 33.5. The van der Waals surface area contributed by atoms with Crippen molar-refractivity contribution in [3.63, 3.8) is 0 Å². The minimum Gasteiger partial charge on any atom is -0.481 e. The molecule has 0 aliphatic carbocycles. The Bertz CT molecular complexity index is 880. The minimum absolute atomic E-state index is 0.0384. The van der Waals surface area contributed by atoms with Crippen LogP contribution in [-0.4, -0.2) is 56.1 Å². The molecule has 1 fully saturated rings. The Balaban J connectivity index is 1.69. The summed E-state index contributed by atoms with van der Waals surface area (Å²) in [5.41, 5.74) is 2.33. The molecule has 0 bridgehead atoms. The molecule has 1 atom stereocenters. The van der Waals surface area contributed by atoms with Crippen LogP contribution >= 0.6 is 0 Å². The monoisotopic (exact) mass is 367 g/mol. The van der Waals surface area contributed by atoms with Crippen molar-refractivity contribution in [2.45, 2.75) is 13.0 Å². The number of hydrogen-bond acceptors (Lipinski definition) is 6. The average molecular weight is 367 g/mol. The van der Waals surface area contributed by atoms with E-state index in [-0.39, 0.29) is 30.9 Å². The fraction of sp³-hybridized carbons (Fsp3) is 0.350. The molecule has 1 amide bonds. The molecule has 1 unspecified atom stereocenters. The zero-order valence-electron chi connectivity index (χ0n) is 15.3. The van der Waals surface area contributed by atoms with Gasteiger partial charge in [0, 0.05) is 11.6 Å². The van der Waals surface area contributed by atoms with E-state index in [1.54, 1.807) is 29.0 Å². The topological polar surface area (TPSA) is 75.3 Å². The van der Waals surface area contributed by atoms with E-state index in [1.807, 2.05) is 31.2 Å². The molecule has 7 heteroatoms.